The fraction of sp³-hybridized carbons (Fsp3) is 0.444. The van der Waals surface area contributed by atoms with Crippen LogP contribution in [0.1, 0.15) is 51.4 Å². The predicted octanol–water partition coefficient (Wildman–Crippen LogP) is 3.95. The highest BCUT2D eigenvalue weighted by Gasteiger charge is 2.49. The highest BCUT2D eigenvalue weighted by molar-refractivity contribution is 6.34. The Bertz CT molecular complexity index is 1530. The van der Waals surface area contributed by atoms with Gasteiger partial charge in [0.05, 0.1) is 41.1 Å². The Morgan fingerprint density at radius 2 is 2.05 bits per heavy atom. The topological polar surface area (TPSA) is 94.2 Å². The van der Waals surface area contributed by atoms with Gasteiger partial charge in [0.25, 0.3) is 5.91 Å². The van der Waals surface area contributed by atoms with Crippen LogP contribution in [0.25, 0.3) is 0 Å². The van der Waals surface area contributed by atoms with Gasteiger partial charge in [-0.2, -0.15) is 10.4 Å². The number of benzene rings is 1. The van der Waals surface area contributed by atoms with E-state index in [-0.39, 0.29) is 29.2 Å². The molecule has 0 saturated heterocycles. The lowest BCUT2D eigenvalue weighted by molar-refractivity contribution is 0.0741. The summed E-state index contributed by atoms with van der Waals surface area (Å²) in [6.07, 6.45) is 2.61. The summed E-state index contributed by atoms with van der Waals surface area (Å²) < 4.78 is 17.1. The number of halogens is 3. The van der Waals surface area contributed by atoms with Gasteiger partial charge in [-0.25, -0.2) is 14.4 Å². The van der Waals surface area contributed by atoms with Gasteiger partial charge in [0, 0.05) is 51.3 Å². The summed E-state index contributed by atoms with van der Waals surface area (Å²) in [6, 6.07) is 7.48. The van der Waals surface area contributed by atoms with Crippen LogP contribution in [0.5, 0.6) is 0 Å². The second-order valence-corrected chi connectivity index (χ2v) is 11.3. The number of fused-ring (bicyclic) bond motifs is 4. The van der Waals surface area contributed by atoms with E-state index in [0.717, 1.165) is 35.4 Å². The third kappa shape index (κ3) is 4.15. The number of hydrogen-bond acceptors (Lipinski definition) is 7. The maximum Gasteiger partial charge on any atom is 0.275 e. The number of amides is 1. The molecule has 0 unspecified atom stereocenters. The molecule has 4 heterocycles. The first-order valence-electron chi connectivity index (χ1n) is 12.9. The van der Waals surface area contributed by atoms with Gasteiger partial charge < -0.3 is 9.80 Å². The molecule has 0 saturated carbocycles. The molecule has 0 fully saturated rings. The third-order valence-electron chi connectivity index (χ3n) is 8.13. The van der Waals surface area contributed by atoms with E-state index >= 15 is 4.39 Å². The Kier molecular flexibility index (Phi) is 6.49. The Morgan fingerprint density at radius 1 is 1.23 bits per heavy atom. The molecule has 2 aromatic heterocycles. The van der Waals surface area contributed by atoms with Gasteiger partial charge in [0.15, 0.2) is 5.69 Å². The lowest BCUT2D eigenvalue weighted by Crippen LogP contribution is -2.50. The van der Waals surface area contributed by atoms with Crippen LogP contribution in [0.15, 0.2) is 18.2 Å². The van der Waals surface area contributed by atoms with E-state index in [2.05, 4.69) is 30.9 Å². The molecule has 1 spiro atoms. The number of nitrogens with zero attached hydrogens (tertiary/aromatic N) is 8. The minimum absolute atomic E-state index is 0.117. The van der Waals surface area contributed by atoms with E-state index in [9.17, 15) is 10.1 Å². The number of carbonyl (C=O) groups excluding carboxylic acids is 1. The average molecular weight is 569 g/mol. The minimum atomic E-state index is -0.666. The molecule has 0 bridgehead atoms. The normalized spacial score (nSPS) is 20.3. The van der Waals surface area contributed by atoms with Gasteiger partial charge in [-0.15, -0.1) is 0 Å². The summed E-state index contributed by atoms with van der Waals surface area (Å²) in [7, 11) is 3.33. The van der Waals surface area contributed by atoms with Crippen LogP contribution in [0.4, 0.5) is 10.2 Å². The van der Waals surface area contributed by atoms with Crippen LogP contribution in [-0.4, -0.2) is 62.6 Å². The van der Waals surface area contributed by atoms with Crippen molar-refractivity contribution in [3.63, 3.8) is 0 Å². The highest BCUT2D eigenvalue weighted by Crippen LogP contribution is 2.49. The smallest absolute Gasteiger partial charge is 0.275 e. The van der Waals surface area contributed by atoms with Crippen LogP contribution in [0.2, 0.25) is 10.3 Å². The second-order valence-electron chi connectivity index (χ2n) is 10.5. The monoisotopic (exact) mass is 568 g/mol. The van der Waals surface area contributed by atoms with Crippen molar-refractivity contribution < 1.29 is 9.18 Å². The molecule has 39 heavy (non-hydrogen) atoms. The number of aryl methyl sites for hydroxylation is 2. The summed E-state index contributed by atoms with van der Waals surface area (Å²) in [5.74, 6) is 0.159. The molecule has 1 amide bonds. The maximum atomic E-state index is 15.3. The van der Waals surface area contributed by atoms with Gasteiger partial charge >= 0.3 is 0 Å². The average Bonchev–Trinajstić information content (AvgIpc) is 3.33. The van der Waals surface area contributed by atoms with Crippen LogP contribution < -0.4 is 4.90 Å². The van der Waals surface area contributed by atoms with Crippen molar-refractivity contribution in [2.24, 2.45) is 0 Å². The number of carbonyl (C=O) groups is 1. The zero-order chi connectivity index (χ0) is 27.5. The van der Waals surface area contributed by atoms with Crippen molar-refractivity contribution in [1.29, 1.82) is 5.26 Å². The molecule has 3 aromatic rings. The maximum absolute atomic E-state index is 15.3. The van der Waals surface area contributed by atoms with Crippen LogP contribution in [0.3, 0.4) is 0 Å². The molecule has 1 atom stereocenters. The first-order valence-corrected chi connectivity index (χ1v) is 13.7. The number of anilines is 1. The van der Waals surface area contributed by atoms with Gasteiger partial charge in [-0.1, -0.05) is 23.7 Å². The van der Waals surface area contributed by atoms with Crippen molar-refractivity contribution in [1.82, 2.24) is 29.5 Å². The zero-order valence-electron chi connectivity index (χ0n) is 21.7. The standard InChI is InChI=1S/C27H27Cl2FN8O/c1-35(2)25(39)23-22(28)20-15-36(10-4-11-38(20)34-23)24-17-14-37(12-9-31)27(13-19(17)32-26(29)33-24)8-7-16-5-3-6-18(30)21(16)27/h3,5-6H,4,7-8,10-15H2,1-2H3/t27-/m0/s1. The Labute approximate surface area is 235 Å². The second kappa shape index (κ2) is 9.73. The summed E-state index contributed by atoms with van der Waals surface area (Å²) in [4.78, 5) is 27.5. The lowest BCUT2D eigenvalue weighted by atomic mass is 9.80. The molecule has 0 radical (unpaired) electrons. The number of aromatic nitrogens is 4. The summed E-state index contributed by atoms with van der Waals surface area (Å²) >= 11 is 13.2. The van der Waals surface area contributed by atoms with E-state index in [1.165, 1.54) is 11.0 Å². The zero-order valence-corrected chi connectivity index (χ0v) is 23.2. The highest BCUT2D eigenvalue weighted by atomic mass is 35.5. The largest absolute Gasteiger partial charge is 0.350 e. The predicted molar refractivity (Wildman–Crippen MR) is 144 cm³/mol. The van der Waals surface area contributed by atoms with Gasteiger partial charge in [0.1, 0.15) is 11.6 Å². The van der Waals surface area contributed by atoms with Gasteiger partial charge in [-0.3, -0.25) is 14.4 Å². The summed E-state index contributed by atoms with van der Waals surface area (Å²) in [5.41, 5.74) is 3.56. The summed E-state index contributed by atoms with van der Waals surface area (Å²) in [5, 5.41) is 14.7. The van der Waals surface area contributed by atoms with E-state index in [4.69, 9.17) is 23.2 Å². The molecular formula is C27H27Cl2FN8O. The first-order chi connectivity index (χ1) is 18.7. The van der Waals surface area contributed by atoms with Crippen molar-refractivity contribution in [2.45, 2.75) is 50.9 Å². The number of hydrogen-bond donors (Lipinski definition) is 0. The van der Waals surface area contributed by atoms with Crippen molar-refractivity contribution in [2.75, 3.05) is 32.1 Å². The van der Waals surface area contributed by atoms with Crippen molar-refractivity contribution >= 4 is 34.9 Å². The molecular weight excluding hydrogens is 542 g/mol. The lowest BCUT2D eigenvalue weighted by Gasteiger charge is -2.45. The first kappa shape index (κ1) is 26.0. The molecule has 1 aliphatic carbocycles. The van der Waals surface area contributed by atoms with E-state index < -0.39 is 5.54 Å². The van der Waals surface area contributed by atoms with Crippen molar-refractivity contribution in [3.05, 3.63) is 68.1 Å². The van der Waals surface area contributed by atoms with Gasteiger partial charge in [0.2, 0.25) is 5.28 Å². The third-order valence-corrected chi connectivity index (χ3v) is 8.70. The fourth-order valence-corrected chi connectivity index (χ4v) is 6.81. The fourth-order valence-electron chi connectivity index (χ4n) is 6.35. The van der Waals surface area contributed by atoms with E-state index in [1.807, 2.05) is 6.07 Å². The quantitative estimate of drug-likeness (QED) is 0.348. The van der Waals surface area contributed by atoms with E-state index in [0.29, 0.717) is 55.4 Å². The van der Waals surface area contributed by atoms with Gasteiger partial charge in [-0.05, 0) is 42.5 Å². The molecule has 12 heteroatoms. The van der Waals surface area contributed by atoms with Crippen LogP contribution in [0, 0.1) is 17.1 Å². The molecule has 6 rings (SSSR count). The molecule has 3 aliphatic rings. The Hall–Kier alpha value is -3.26. The molecule has 2 aliphatic heterocycles. The number of nitriles is 1. The number of rotatable bonds is 3. The summed E-state index contributed by atoms with van der Waals surface area (Å²) in [6.45, 7) is 2.18. The van der Waals surface area contributed by atoms with Crippen LogP contribution >= 0.6 is 23.2 Å². The molecule has 202 valence electrons. The minimum Gasteiger partial charge on any atom is -0.350 e. The SMILES string of the molecule is CN(C)C(=O)c1nn2c(c1Cl)CN(c1nc(Cl)nc3c1CN(CC#N)[C@@]1(CCc4cccc(F)c41)C3)CCC2. The molecule has 1 aromatic carbocycles. The van der Waals surface area contributed by atoms with E-state index in [1.54, 1.807) is 24.8 Å². The Morgan fingerprint density at radius 3 is 2.82 bits per heavy atom. The van der Waals surface area contributed by atoms with Crippen LogP contribution in [-0.2, 0) is 38.0 Å². The Balaban J connectivity index is 1.42. The molecule has 0 N–H and O–H groups in total. The van der Waals surface area contributed by atoms with Crippen molar-refractivity contribution in [3.8, 4) is 6.07 Å². The molecule has 9 nitrogen and oxygen atoms in total.